The van der Waals surface area contributed by atoms with Crippen LogP contribution in [-0.2, 0) is 4.79 Å². The molecule has 6 heteroatoms. The third-order valence-electron chi connectivity index (χ3n) is 4.97. The Kier molecular flexibility index (Phi) is 4.93. The Bertz CT molecular complexity index is 1030. The highest BCUT2D eigenvalue weighted by Gasteiger charge is 2.20. The summed E-state index contributed by atoms with van der Waals surface area (Å²) in [5.41, 5.74) is 2.73. The average molecular weight is 375 g/mol. The second kappa shape index (κ2) is 7.68. The van der Waals surface area contributed by atoms with Gasteiger partial charge in [-0.05, 0) is 61.4 Å². The smallest absolute Gasteiger partial charge is 0.255 e. The van der Waals surface area contributed by atoms with Gasteiger partial charge in [-0.2, -0.15) is 0 Å². The predicted molar refractivity (Wildman–Crippen MR) is 109 cm³/mol. The number of pyridine rings is 1. The Labute approximate surface area is 163 Å². The number of hydrogen-bond donors (Lipinski definition) is 1. The van der Waals surface area contributed by atoms with E-state index >= 15 is 0 Å². The molecule has 2 amide bonds. The van der Waals surface area contributed by atoms with E-state index in [1.807, 2.05) is 30.3 Å². The van der Waals surface area contributed by atoms with Gasteiger partial charge in [0.05, 0.1) is 12.8 Å². The van der Waals surface area contributed by atoms with E-state index in [1.165, 1.54) is 0 Å². The molecule has 4 rings (SSSR count). The summed E-state index contributed by atoms with van der Waals surface area (Å²) in [6.45, 7) is 0.731. The maximum atomic E-state index is 12.7. The SMILES string of the molecule is COc1ccc(NC(=O)c2ccc(N3CCCCC3=O)cc2)c2cccnc12. The molecule has 3 aromatic rings. The summed E-state index contributed by atoms with van der Waals surface area (Å²) in [6, 6.07) is 14.5. The van der Waals surface area contributed by atoms with E-state index in [-0.39, 0.29) is 11.8 Å². The van der Waals surface area contributed by atoms with Crippen LogP contribution in [0.15, 0.2) is 54.7 Å². The Morgan fingerprint density at radius 1 is 1.11 bits per heavy atom. The molecular formula is C22H21N3O3. The first-order chi connectivity index (χ1) is 13.7. The van der Waals surface area contributed by atoms with Gasteiger partial charge in [0.1, 0.15) is 11.3 Å². The van der Waals surface area contributed by atoms with Gasteiger partial charge in [-0.25, -0.2) is 0 Å². The number of carbonyl (C=O) groups is 2. The minimum absolute atomic E-state index is 0.139. The van der Waals surface area contributed by atoms with Gasteiger partial charge < -0.3 is 15.0 Å². The number of anilines is 2. The van der Waals surface area contributed by atoms with Gasteiger partial charge in [-0.15, -0.1) is 0 Å². The predicted octanol–water partition coefficient (Wildman–Crippen LogP) is 4.01. The summed E-state index contributed by atoms with van der Waals surface area (Å²) in [5, 5.41) is 3.76. The number of aromatic nitrogens is 1. The molecule has 2 aromatic carbocycles. The average Bonchev–Trinajstić information content (AvgIpc) is 2.74. The molecular weight excluding hydrogens is 354 g/mol. The molecule has 0 saturated carbocycles. The van der Waals surface area contributed by atoms with E-state index in [0.717, 1.165) is 30.5 Å². The number of carbonyl (C=O) groups excluding carboxylic acids is 2. The topological polar surface area (TPSA) is 71.5 Å². The number of methoxy groups -OCH3 is 1. The zero-order valence-electron chi connectivity index (χ0n) is 15.6. The maximum absolute atomic E-state index is 12.7. The fraction of sp³-hybridized carbons (Fsp3) is 0.227. The lowest BCUT2D eigenvalue weighted by Crippen LogP contribution is -2.35. The van der Waals surface area contributed by atoms with Crippen LogP contribution in [0.1, 0.15) is 29.6 Å². The van der Waals surface area contributed by atoms with Crippen molar-refractivity contribution in [3.63, 3.8) is 0 Å². The van der Waals surface area contributed by atoms with E-state index in [4.69, 9.17) is 4.74 Å². The number of hydrogen-bond acceptors (Lipinski definition) is 4. The van der Waals surface area contributed by atoms with Crippen molar-refractivity contribution in [2.24, 2.45) is 0 Å². The Balaban J connectivity index is 1.56. The van der Waals surface area contributed by atoms with Crippen LogP contribution >= 0.6 is 0 Å². The van der Waals surface area contributed by atoms with E-state index < -0.39 is 0 Å². The first kappa shape index (κ1) is 18.0. The highest BCUT2D eigenvalue weighted by atomic mass is 16.5. The van der Waals surface area contributed by atoms with Crippen LogP contribution in [0.2, 0.25) is 0 Å². The number of fused-ring (bicyclic) bond motifs is 1. The second-order valence-electron chi connectivity index (χ2n) is 6.72. The van der Waals surface area contributed by atoms with Gasteiger partial charge >= 0.3 is 0 Å². The Hall–Kier alpha value is -3.41. The number of piperidine rings is 1. The van der Waals surface area contributed by atoms with Crippen LogP contribution in [0.25, 0.3) is 10.9 Å². The van der Waals surface area contributed by atoms with Crippen molar-refractivity contribution in [3.8, 4) is 5.75 Å². The van der Waals surface area contributed by atoms with Gasteiger partial charge in [-0.3, -0.25) is 14.6 Å². The summed E-state index contributed by atoms with van der Waals surface area (Å²) in [5.74, 6) is 0.580. The molecule has 1 saturated heterocycles. The van der Waals surface area contributed by atoms with Crippen LogP contribution in [0.5, 0.6) is 5.75 Å². The normalized spacial score (nSPS) is 14.2. The number of ether oxygens (including phenoxy) is 1. The van der Waals surface area contributed by atoms with Crippen molar-refractivity contribution < 1.29 is 14.3 Å². The van der Waals surface area contributed by atoms with Crippen LogP contribution < -0.4 is 15.0 Å². The van der Waals surface area contributed by atoms with Crippen molar-refractivity contribution in [1.29, 1.82) is 0 Å². The Morgan fingerprint density at radius 3 is 2.68 bits per heavy atom. The van der Waals surface area contributed by atoms with E-state index in [0.29, 0.717) is 28.9 Å². The van der Waals surface area contributed by atoms with Crippen LogP contribution in [0.3, 0.4) is 0 Å². The number of benzene rings is 2. The number of nitrogens with one attached hydrogen (secondary N) is 1. The molecule has 1 N–H and O–H groups in total. The van der Waals surface area contributed by atoms with E-state index in [1.54, 1.807) is 36.4 Å². The molecule has 2 heterocycles. The van der Waals surface area contributed by atoms with Gasteiger partial charge in [0, 0.05) is 35.8 Å². The summed E-state index contributed by atoms with van der Waals surface area (Å²) < 4.78 is 5.34. The maximum Gasteiger partial charge on any atom is 0.255 e. The van der Waals surface area contributed by atoms with E-state index in [2.05, 4.69) is 10.3 Å². The first-order valence-electron chi connectivity index (χ1n) is 9.31. The molecule has 1 aromatic heterocycles. The molecule has 0 atom stereocenters. The first-order valence-corrected chi connectivity index (χ1v) is 9.31. The second-order valence-corrected chi connectivity index (χ2v) is 6.72. The zero-order valence-corrected chi connectivity index (χ0v) is 15.6. The summed E-state index contributed by atoms with van der Waals surface area (Å²) in [4.78, 5) is 30.9. The van der Waals surface area contributed by atoms with Crippen LogP contribution in [-0.4, -0.2) is 30.5 Å². The molecule has 6 nitrogen and oxygen atoms in total. The minimum Gasteiger partial charge on any atom is -0.494 e. The highest BCUT2D eigenvalue weighted by Crippen LogP contribution is 2.30. The standard InChI is InChI=1S/C22H21N3O3/c1-28-19-12-11-18(17-5-4-13-23-21(17)19)24-22(27)15-7-9-16(10-8-15)25-14-3-2-6-20(25)26/h4-5,7-13H,2-3,6,14H2,1H3,(H,24,27). The van der Waals surface area contributed by atoms with E-state index in [9.17, 15) is 9.59 Å². The third-order valence-corrected chi connectivity index (χ3v) is 4.97. The van der Waals surface area contributed by atoms with Gasteiger partial charge in [-0.1, -0.05) is 0 Å². The highest BCUT2D eigenvalue weighted by molar-refractivity contribution is 6.09. The van der Waals surface area contributed by atoms with Crippen molar-refractivity contribution in [1.82, 2.24) is 4.98 Å². The fourth-order valence-electron chi connectivity index (χ4n) is 3.49. The van der Waals surface area contributed by atoms with Crippen molar-refractivity contribution in [2.45, 2.75) is 19.3 Å². The molecule has 0 radical (unpaired) electrons. The molecule has 1 fully saturated rings. The van der Waals surface area contributed by atoms with Crippen molar-refractivity contribution in [2.75, 3.05) is 23.9 Å². The largest absolute Gasteiger partial charge is 0.494 e. The van der Waals surface area contributed by atoms with Crippen LogP contribution in [0.4, 0.5) is 11.4 Å². The quantitative estimate of drug-likeness (QED) is 0.748. The van der Waals surface area contributed by atoms with Gasteiger partial charge in [0.2, 0.25) is 5.91 Å². The zero-order chi connectivity index (χ0) is 19.5. The van der Waals surface area contributed by atoms with Crippen LogP contribution in [0, 0.1) is 0 Å². The lowest BCUT2D eigenvalue weighted by atomic mass is 10.1. The third kappa shape index (κ3) is 3.41. The molecule has 142 valence electrons. The lowest BCUT2D eigenvalue weighted by molar-refractivity contribution is -0.119. The molecule has 0 unspecified atom stereocenters. The fourth-order valence-corrected chi connectivity index (χ4v) is 3.49. The van der Waals surface area contributed by atoms with Crippen molar-refractivity contribution >= 4 is 34.1 Å². The molecule has 0 bridgehead atoms. The summed E-state index contributed by atoms with van der Waals surface area (Å²) in [7, 11) is 1.59. The summed E-state index contributed by atoms with van der Waals surface area (Å²) in [6.07, 6.45) is 4.23. The molecule has 0 spiro atoms. The molecule has 28 heavy (non-hydrogen) atoms. The molecule has 1 aliphatic heterocycles. The monoisotopic (exact) mass is 375 g/mol. The number of rotatable bonds is 4. The number of amides is 2. The van der Waals surface area contributed by atoms with Gasteiger partial charge in [0.15, 0.2) is 0 Å². The minimum atomic E-state index is -0.216. The van der Waals surface area contributed by atoms with Gasteiger partial charge in [0.25, 0.3) is 5.91 Å². The molecule has 1 aliphatic rings. The summed E-state index contributed by atoms with van der Waals surface area (Å²) >= 11 is 0. The lowest BCUT2D eigenvalue weighted by Gasteiger charge is -2.26. The Morgan fingerprint density at radius 2 is 1.93 bits per heavy atom. The molecule has 0 aliphatic carbocycles. The number of nitrogens with zero attached hydrogens (tertiary/aromatic N) is 2. The van der Waals surface area contributed by atoms with Crippen molar-refractivity contribution in [3.05, 3.63) is 60.3 Å².